The number of rotatable bonds is 23. The number of esters is 1. The van der Waals surface area contributed by atoms with Crippen LogP contribution in [0.5, 0.6) is 0 Å². The number of ketones is 1. The van der Waals surface area contributed by atoms with Crippen LogP contribution in [0.4, 0.5) is 0 Å². The molecule has 38 heteroatoms. The number of aliphatic hydroxyl groups excluding tert-OH is 9. The summed E-state index contributed by atoms with van der Waals surface area (Å²) in [6, 6.07) is 0. The maximum absolute atomic E-state index is 14.5. The van der Waals surface area contributed by atoms with E-state index in [1.54, 1.807) is 0 Å². The lowest BCUT2D eigenvalue weighted by molar-refractivity contribution is -0.403. The number of aliphatic hydroxyl groups is 9. The Morgan fingerprint density at radius 3 is 1.77 bits per heavy atom. The number of Topliss-reactive ketones (excluding diaryl/α,β-unsaturated/α-hetero) is 1. The van der Waals surface area contributed by atoms with Gasteiger partial charge in [-0.3, -0.25) is 23.2 Å². The van der Waals surface area contributed by atoms with Crippen LogP contribution in [0.1, 0.15) is 113 Å². The summed E-state index contributed by atoms with van der Waals surface area (Å²) in [4.78, 5) is 29.0. The van der Waals surface area contributed by atoms with Crippen molar-refractivity contribution in [2.75, 3.05) is 33.5 Å². The minimum atomic E-state index is -5.34. The van der Waals surface area contributed by atoms with Crippen LogP contribution in [0.2, 0.25) is 0 Å². The Labute approximate surface area is 561 Å². The smallest absolute Gasteiger partial charge is 0.397 e. The summed E-state index contributed by atoms with van der Waals surface area (Å²) in [6.07, 6.45) is -39.5. The Morgan fingerprint density at radius 1 is 0.608 bits per heavy atom. The molecule has 6 saturated heterocycles. The van der Waals surface area contributed by atoms with Crippen LogP contribution < -0.4 is 0 Å². The van der Waals surface area contributed by atoms with Gasteiger partial charge in [-0.1, -0.05) is 59.6 Å². The second-order valence-electron chi connectivity index (χ2n) is 29.2. The topological polar surface area (TPSA) is 518 Å². The molecule has 0 aromatic heterocycles. The third-order valence-corrected chi connectivity index (χ3v) is 23.8. The Morgan fingerprint density at radius 2 is 1.18 bits per heavy atom. The molecule has 6 heterocycles. The molecule has 28 unspecified atom stereocenters. The van der Waals surface area contributed by atoms with Crippen molar-refractivity contribution in [2.24, 2.45) is 45.3 Å². The fourth-order valence-electron chi connectivity index (χ4n) is 17.6. The van der Waals surface area contributed by atoms with E-state index in [0.29, 0.717) is 44.4 Å². The number of cyclic esters (lactones) is 1. The average Bonchev–Trinajstić information content (AvgIpc) is 1.52. The maximum Gasteiger partial charge on any atom is 0.397 e. The van der Waals surface area contributed by atoms with E-state index in [4.69, 9.17) is 61.0 Å². The Balaban J connectivity index is 0.920. The van der Waals surface area contributed by atoms with Gasteiger partial charge in [0.05, 0.1) is 50.0 Å². The molecular weight excluding hydrogens is 1360 g/mol. The highest BCUT2D eigenvalue weighted by atomic mass is 32.3. The van der Waals surface area contributed by atoms with E-state index in [0.717, 1.165) is 25.5 Å². The van der Waals surface area contributed by atoms with E-state index in [1.165, 1.54) is 6.92 Å². The minimum absolute atomic E-state index is 0.0281. The second-order valence-corrected chi connectivity index (χ2v) is 32.4. The van der Waals surface area contributed by atoms with Gasteiger partial charge in [0.2, 0.25) is 0 Å². The average molecular weight is 1460 g/mol. The van der Waals surface area contributed by atoms with Gasteiger partial charge in [0.15, 0.2) is 31.5 Å². The monoisotopic (exact) mass is 1460 g/mol. The zero-order valence-electron chi connectivity index (χ0n) is 54.9. The molecule has 0 radical (unpaired) electrons. The molecular formula is C59H94O35S3. The third kappa shape index (κ3) is 14.9. The summed E-state index contributed by atoms with van der Waals surface area (Å²) in [6.45, 7) is 11.9. The van der Waals surface area contributed by atoms with Crippen LogP contribution in [-0.4, -0.2) is 283 Å². The molecule has 97 heavy (non-hydrogen) atoms. The van der Waals surface area contributed by atoms with Gasteiger partial charge in [0, 0.05) is 18.9 Å². The molecule has 0 aromatic carbocycles. The Kier molecular flexibility index (Phi) is 22.8. The summed E-state index contributed by atoms with van der Waals surface area (Å²) in [5, 5.41) is 103. The zero-order valence-corrected chi connectivity index (χ0v) is 57.4. The molecule has 12 N–H and O–H groups in total. The van der Waals surface area contributed by atoms with Gasteiger partial charge in [-0.15, -0.1) is 0 Å². The highest BCUT2D eigenvalue weighted by molar-refractivity contribution is 7.81. The molecule has 31 atom stereocenters. The van der Waals surface area contributed by atoms with Crippen LogP contribution in [0.3, 0.4) is 0 Å². The number of fused-ring (bicyclic) bond motifs is 4. The predicted molar refractivity (Wildman–Crippen MR) is 319 cm³/mol. The predicted octanol–water partition coefficient (Wildman–Crippen LogP) is -2.18. The summed E-state index contributed by atoms with van der Waals surface area (Å²) in [7, 11) is -14.8. The molecule has 0 bridgehead atoms. The van der Waals surface area contributed by atoms with E-state index < -0.39 is 238 Å². The number of carbonyl (C=O) groups excluding carboxylic acids is 2. The standard InChI is InChI=1S/C59H94O35S3/c1-24(2)11-10-16-58(8)48-28(60)19-57(7)27-12-13-33-55(4,5)34(15-17-56(33,6)26(27)14-18-59(48,57)54(70)93-58)88-52-46(38(65)32(21-82-52)94-97(77,78)79)92-53-47(91-49-39(66)35(62)29(61)20-81-49)40(67)43(25(3)85-53)89-51-42(69)45(37(64)31(87-51)23-84-96(74,75)76)90-50-41(68)44(80-9)36(63)30(86-50)22-83-95(71,72)73/h12,24-26,29-53,61-69H,10-11,13-23H2,1-9H3,(H,71,72,73)(H,74,75,76)(H,77,78,79)/t25?,26?,29?,30?,31?,32?,33?,34?,35?,36?,37?,38?,39?,40?,41?,42?,43?,44?,45?,46?,47?,48?,49?,50?,51?,52?,53?,56-,57+,58+,59?/m1/s1. The van der Waals surface area contributed by atoms with Crippen LogP contribution >= 0.6 is 0 Å². The van der Waals surface area contributed by atoms with Crippen molar-refractivity contribution in [3.63, 3.8) is 0 Å². The number of allylic oxidation sites excluding steroid dienone is 2. The fourth-order valence-corrected chi connectivity index (χ4v) is 18.7. The van der Waals surface area contributed by atoms with Crippen molar-refractivity contribution >= 4 is 42.9 Å². The Bertz CT molecular complexity index is 3200. The van der Waals surface area contributed by atoms with Gasteiger partial charge in [0.1, 0.15) is 115 Å². The quantitative estimate of drug-likeness (QED) is 0.0294. The summed E-state index contributed by atoms with van der Waals surface area (Å²) in [5.41, 5.74) is -2.91. The van der Waals surface area contributed by atoms with Crippen LogP contribution in [0, 0.1) is 45.3 Å². The van der Waals surface area contributed by atoms with Crippen molar-refractivity contribution in [3.05, 3.63) is 11.6 Å². The van der Waals surface area contributed by atoms with Crippen LogP contribution in [0.25, 0.3) is 0 Å². The van der Waals surface area contributed by atoms with E-state index in [-0.39, 0.29) is 30.0 Å². The molecule has 0 amide bonds. The van der Waals surface area contributed by atoms with Gasteiger partial charge < -0.3 is 103 Å². The van der Waals surface area contributed by atoms with E-state index >= 15 is 0 Å². The number of hydrogen-bond acceptors (Lipinski definition) is 32. The van der Waals surface area contributed by atoms with Crippen LogP contribution in [0.15, 0.2) is 11.6 Å². The van der Waals surface area contributed by atoms with Gasteiger partial charge in [-0.2, -0.15) is 25.3 Å². The molecule has 10 rings (SSSR count). The van der Waals surface area contributed by atoms with Crippen molar-refractivity contribution in [1.82, 2.24) is 0 Å². The molecule has 4 aliphatic carbocycles. The summed E-state index contributed by atoms with van der Waals surface area (Å²) >= 11 is 0. The van der Waals surface area contributed by atoms with Crippen molar-refractivity contribution in [2.45, 2.75) is 266 Å². The minimum Gasteiger partial charge on any atom is -0.458 e. The van der Waals surface area contributed by atoms with Gasteiger partial charge in [0.25, 0.3) is 0 Å². The zero-order chi connectivity index (χ0) is 71.4. The highest BCUT2D eigenvalue weighted by Crippen LogP contribution is 2.75. The largest absolute Gasteiger partial charge is 0.458 e. The highest BCUT2D eigenvalue weighted by Gasteiger charge is 2.79. The first-order chi connectivity index (χ1) is 45.0. The van der Waals surface area contributed by atoms with Gasteiger partial charge in [-0.25, -0.2) is 12.5 Å². The molecule has 6 aliphatic heterocycles. The van der Waals surface area contributed by atoms with E-state index in [2.05, 4.69) is 42.1 Å². The van der Waals surface area contributed by atoms with E-state index in [9.17, 15) is 94.5 Å². The first-order valence-corrected chi connectivity index (χ1v) is 36.6. The first kappa shape index (κ1) is 77.3. The van der Waals surface area contributed by atoms with Crippen molar-refractivity contribution in [1.29, 1.82) is 0 Å². The lowest BCUT2D eigenvalue weighted by atomic mass is 9.41. The molecule has 0 aromatic rings. The van der Waals surface area contributed by atoms with Crippen molar-refractivity contribution < 1.29 is 164 Å². The third-order valence-electron chi connectivity index (χ3n) is 22.4. The summed E-state index contributed by atoms with van der Waals surface area (Å²) in [5.74, 6) is -0.663. The number of ether oxygens (including phenoxy) is 12. The normalized spacial score (nSPS) is 47.9. The SMILES string of the molecule is COC1C(O)C(COS(=O)(=O)O)OC(OC2C(O)C(COS(=O)(=O)O)OC(OC3C(C)OC(OC4C(OC5CC[C@]6(C)C7CCC89C(=O)O[C@@](C)(CCCC(C)C)C8C(=O)C[C@@]9(C)C7=CCC6C5(C)C)OCC(OS(=O)(=O)O)C4O)C(OC4OCC(O)C(O)C4O)C3O)C2O)C1O. The fraction of sp³-hybridized carbons (Fsp3) is 0.932. The first-order valence-electron chi connectivity index (χ1n) is 32.5. The number of carbonyl (C=O) groups is 2. The molecule has 1 spiro atoms. The summed E-state index contributed by atoms with van der Waals surface area (Å²) < 4.78 is 186. The Hall–Kier alpha value is -2.31. The number of hydrogen-bond donors (Lipinski definition) is 12. The van der Waals surface area contributed by atoms with Crippen molar-refractivity contribution in [3.8, 4) is 0 Å². The molecule has 558 valence electrons. The maximum atomic E-state index is 14.5. The lowest BCUT2D eigenvalue weighted by Crippen LogP contribution is -2.68. The molecule has 9 fully saturated rings. The lowest BCUT2D eigenvalue weighted by Gasteiger charge is -2.63. The van der Waals surface area contributed by atoms with Gasteiger partial charge >= 0.3 is 37.2 Å². The molecule has 3 saturated carbocycles. The molecule has 35 nitrogen and oxygen atoms in total. The number of methoxy groups -OCH3 is 1. The van der Waals surface area contributed by atoms with Crippen LogP contribution in [-0.2, 0) is 110 Å². The molecule has 10 aliphatic rings. The second kappa shape index (κ2) is 28.6. The van der Waals surface area contributed by atoms with E-state index in [1.807, 2.05) is 20.8 Å². The van der Waals surface area contributed by atoms with Gasteiger partial charge in [-0.05, 0) is 87.4 Å².